The fourth-order valence-corrected chi connectivity index (χ4v) is 4.04. The molecule has 2 aliphatic rings. The summed E-state index contributed by atoms with van der Waals surface area (Å²) in [5.41, 5.74) is 0.750. The van der Waals surface area contributed by atoms with Crippen molar-refractivity contribution in [3.05, 3.63) is 71.3 Å². The monoisotopic (exact) mass is 357 g/mol. The Morgan fingerprint density at radius 1 is 1.00 bits per heavy atom. The third kappa shape index (κ3) is 2.84. The average molecular weight is 357 g/mol. The minimum atomic E-state index is -0.820. The van der Waals surface area contributed by atoms with Crippen LogP contribution in [0.3, 0.4) is 0 Å². The number of rotatable bonds is 3. The zero-order valence-electron chi connectivity index (χ0n) is 14.6. The molecule has 0 saturated carbocycles. The third-order valence-corrected chi connectivity index (χ3v) is 5.47. The van der Waals surface area contributed by atoms with Crippen LogP contribution in [0.5, 0.6) is 0 Å². The summed E-state index contributed by atoms with van der Waals surface area (Å²) in [4.78, 5) is 16.9. The van der Waals surface area contributed by atoms with Crippen molar-refractivity contribution in [2.75, 3.05) is 26.7 Å². The van der Waals surface area contributed by atoms with Crippen molar-refractivity contribution >= 4 is 6.03 Å². The summed E-state index contributed by atoms with van der Waals surface area (Å²) < 4.78 is 26.9. The number of hydrogen-bond acceptors (Lipinski definition) is 2. The highest BCUT2D eigenvalue weighted by atomic mass is 19.1. The van der Waals surface area contributed by atoms with Gasteiger partial charge in [0, 0.05) is 12.6 Å². The normalized spacial score (nSPS) is 22.7. The van der Waals surface area contributed by atoms with Gasteiger partial charge in [-0.25, -0.2) is 13.6 Å². The molecule has 0 unspecified atom stereocenters. The van der Waals surface area contributed by atoms with E-state index >= 15 is 0 Å². The molecule has 1 atom stereocenters. The van der Waals surface area contributed by atoms with Crippen LogP contribution in [-0.4, -0.2) is 48.6 Å². The second kappa shape index (κ2) is 6.36. The van der Waals surface area contributed by atoms with Crippen molar-refractivity contribution in [2.45, 2.75) is 18.0 Å². The van der Waals surface area contributed by atoms with E-state index in [1.165, 1.54) is 24.3 Å². The number of carbonyl (C=O) groups excluding carboxylic acids is 1. The summed E-state index contributed by atoms with van der Waals surface area (Å²) in [5.74, 6) is -0.664. The molecule has 2 fully saturated rings. The molecule has 2 amide bonds. The maximum absolute atomic E-state index is 13.4. The molecule has 136 valence electrons. The first-order chi connectivity index (χ1) is 12.5. The number of hydrogen-bond donors (Lipinski definition) is 1. The fourth-order valence-electron chi connectivity index (χ4n) is 4.04. The van der Waals surface area contributed by atoms with Crippen molar-refractivity contribution in [1.82, 2.24) is 15.1 Å². The van der Waals surface area contributed by atoms with E-state index in [1.807, 2.05) is 11.9 Å². The SMILES string of the molecule is CN1CC[C@H](N2CC(c3ccc(F)cc3)(c3ccc(F)cc3)NC2=O)C1. The Kier molecular flexibility index (Phi) is 4.15. The molecule has 2 aromatic carbocycles. The molecule has 0 radical (unpaired) electrons. The highest BCUT2D eigenvalue weighted by molar-refractivity contribution is 5.80. The summed E-state index contributed by atoms with van der Waals surface area (Å²) >= 11 is 0. The molecule has 0 aliphatic carbocycles. The Hall–Kier alpha value is -2.47. The third-order valence-electron chi connectivity index (χ3n) is 5.47. The Morgan fingerprint density at radius 3 is 2.00 bits per heavy atom. The molecule has 6 heteroatoms. The van der Waals surface area contributed by atoms with Gasteiger partial charge in [-0.1, -0.05) is 24.3 Å². The quantitative estimate of drug-likeness (QED) is 0.917. The molecule has 4 nitrogen and oxygen atoms in total. The lowest BCUT2D eigenvalue weighted by atomic mass is 9.83. The Bertz CT molecular complexity index is 761. The number of likely N-dealkylation sites (tertiary alicyclic amines) is 1. The van der Waals surface area contributed by atoms with Crippen molar-refractivity contribution in [3.8, 4) is 0 Å². The first kappa shape index (κ1) is 17.0. The molecule has 0 spiro atoms. The second-order valence-electron chi connectivity index (χ2n) is 7.18. The van der Waals surface area contributed by atoms with Crippen molar-refractivity contribution in [1.29, 1.82) is 0 Å². The largest absolute Gasteiger partial charge is 0.323 e. The molecule has 0 aromatic heterocycles. The van der Waals surface area contributed by atoms with Crippen LogP contribution < -0.4 is 5.32 Å². The van der Waals surface area contributed by atoms with Gasteiger partial charge in [-0.05, 0) is 55.4 Å². The van der Waals surface area contributed by atoms with Crippen LogP contribution >= 0.6 is 0 Å². The Morgan fingerprint density at radius 2 is 1.54 bits per heavy atom. The van der Waals surface area contributed by atoms with Crippen molar-refractivity contribution in [2.24, 2.45) is 0 Å². The number of halogens is 2. The lowest BCUT2D eigenvalue weighted by Crippen LogP contribution is -2.41. The van der Waals surface area contributed by atoms with Gasteiger partial charge in [-0.15, -0.1) is 0 Å². The van der Waals surface area contributed by atoms with Crippen molar-refractivity contribution in [3.63, 3.8) is 0 Å². The van der Waals surface area contributed by atoms with Crippen LogP contribution in [-0.2, 0) is 5.54 Å². The van der Waals surface area contributed by atoms with Gasteiger partial charge < -0.3 is 15.1 Å². The number of likely N-dealkylation sites (N-methyl/N-ethyl adjacent to an activating group) is 1. The average Bonchev–Trinajstić information content (AvgIpc) is 3.20. The first-order valence-corrected chi connectivity index (χ1v) is 8.77. The van der Waals surface area contributed by atoms with Gasteiger partial charge in [-0.3, -0.25) is 0 Å². The number of benzene rings is 2. The molecule has 1 N–H and O–H groups in total. The molecule has 2 heterocycles. The van der Waals surface area contributed by atoms with Gasteiger partial charge in [-0.2, -0.15) is 0 Å². The number of carbonyl (C=O) groups is 1. The van der Waals surface area contributed by atoms with Crippen LogP contribution in [0.1, 0.15) is 17.5 Å². The molecule has 0 bridgehead atoms. The molecular formula is C20H21F2N3O. The lowest BCUT2D eigenvalue weighted by molar-refractivity contribution is 0.197. The zero-order chi connectivity index (χ0) is 18.3. The van der Waals surface area contributed by atoms with Gasteiger partial charge in [0.15, 0.2) is 0 Å². The molecule has 2 saturated heterocycles. The first-order valence-electron chi connectivity index (χ1n) is 8.77. The predicted molar refractivity (Wildman–Crippen MR) is 94.7 cm³/mol. The van der Waals surface area contributed by atoms with Gasteiger partial charge >= 0.3 is 6.03 Å². The van der Waals surface area contributed by atoms with E-state index in [9.17, 15) is 13.6 Å². The van der Waals surface area contributed by atoms with Crippen molar-refractivity contribution < 1.29 is 13.6 Å². The predicted octanol–water partition coefficient (Wildman–Crippen LogP) is 2.94. The summed E-state index contributed by atoms with van der Waals surface area (Å²) in [7, 11) is 2.04. The van der Waals surface area contributed by atoms with Crippen LogP contribution in [0.4, 0.5) is 13.6 Å². The second-order valence-corrected chi connectivity index (χ2v) is 7.18. The molecule has 26 heavy (non-hydrogen) atoms. The van der Waals surface area contributed by atoms with Crippen LogP contribution in [0.15, 0.2) is 48.5 Å². The summed E-state index contributed by atoms with van der Waals surface area (Å²) in [6.45, 7) is 2.21. The highest BCUT2D eigenvalue weighted by Crippen LogP contribution is 2.36. The van der Waals surface area contributed by atoms with E-state index in [0.717, 1.165) is 30.6 Å². The van der Waals surface area contributed by atoms with Crippen LogP contribution in [0.2, 0.25) is 0 Å². The van der Waals surface area contributed by atoms with Gasteiger partial charge in [0.1, 0.15) is 17.2 Å². The van der Waals surface area contributed by atoms with E-state index in [2.05, 4.69) is 10.2 Å². The molecule has 4 rings (SSSR count). The van der Waals surface area contributed by atoms with E-state index in [0.29, 0.717) is 6.54 Å². The summed E-state index contributed by atoms with van der Waals surface area (Å²) in [6.07, 6.45) is 0.923. The minimum Gasteiger partial charge on any atom is -0.323 e. The van der Waals surface area contributed by atoms with Gasteiger partial charge in [0.25, 0.3) is 0 Å². The van der Waals surface area contributed by atoms with E-state index in [4.69, 9.17) is 0 Å². The van der Waals surface area contributed by atoms with Crippen LogP contribution in [0.25, 0.3) is 0 Å². The number of amides is 2. The maximum atomic E-state index is 13.4. The Labute approximate surface area is 151 Å². The molecular weight excluding hydrogens is 336 g/mol. The zero-order valence-corrected chi connectivity index (χ0v) is 14.6. The lowest BCUT2D eigenvalue weighted by Gasteiger charge is -2.31. The van der Waals surface area contributed by atoms with E-state index < -0.39 is 5.54 Å². The number of urea groups is 1. The van der Waals surface area contributed by atoms with Gasteiger partial charge in [0.2, 0.25) is 0 Å². The topological polar surface area (TPSA) is 35.6 Å². The Balaban J connectivity index is 1.76. The fraction of sp³-hybridized carbons (Fsp3) is 0.350. The summed E-state index contributed by atoms with van der Waals surface area (Å²) in [5, 5.41) is 3.10. The number of nitrogens with one attached hydrogen (secondary N) is 1. The van der Waals surface area contributed by atoms with Gasteiger partial charge in [0.05, 0.1) is 6.54 Å². The minimum absolute atomic E-state index is 0.140. The van der Waals surface area contributed by atoms with E-state index in [1.54, 1.807) is 24.3 Å². The molecule has 2 aliphatic heterocycles. The van der Waals surface area contributed by atoms with Crippen LogP contribution in [0, 0.1) is 11.6 Å². The highest BCUT2D eigenvalue weighted by Gasteiger charge is 2.48. The summed E-state index contributed by atoms with van der Waals surface area (Å²) in [6, 6.07) is 12.3. The number of nitrogens with zero attached hydrogens (tertiary/aromatic N) is 2. The van der Waals surface area contributed by atoms with E-state index in [-0.39, 0.29) is 23.7 Å². The standard InChI is InChI=1S/C20H21F2N3O/c1-24-11-10-18(12-24)25-13-20(23-19(25)26,14-2-6-16(21)7-3-14)15-4-8-17(22)9-5-15/h2-9,18H,10-13H2,1H3,(H,23,26)/t18-/m0/s1. The maximum Gasteiger partial charge on any atom is 0.318 e. The molecule has 2 aromatic rings. The smallest absolute Gasteiger partial charge is 0.318 e.